The molecular weight excluding hydrogens is 320 g/mol. The zero-order valence-electron chi connectivity index (χ0n) is 15.5. The van der Waals surface area contributed by atoms with Crippen molar-refractivity contribution in [3.05, 3.63) is 89.5 Å². The molecule has 2 heteroatoms. The van der Waals surface area contributed by atoms with E-state index in [1.54, 1.807) is 0 Å². The van der Waals surface area contributed by atoms with Gasteiger partial charge in [0.05, 0.1) is 6.61 Å². The molecule has 3 aromatic rings. The van der Waals surface area contributed by atoms with Crippen LogP contribution in [0.2, 0.25) is 0 Å². The number of hydrogen-bond acceptors (Lipinski definition) is 2. The summed E-state index contributed by atoms with van der Waals surface area (Å²) in [6.45, 7) is 4.92. The van der Waals surface area contributed by atoms with Crippen molar-refractivity contribution < 1.29 is 9.84 Å². The molecule has 0 saturated heterocycles. The number of aliphatic hydroxyl groups excluding tert-OH is 1. The van der Waals surface area contributed by atoms with Crippen LogP contribution in [0.15, 0.2) is 72.8 Å². The molecular formula is C24H26O2. The molecule has 3 aromatic carbocycles. The zero-order valence-corrected chi connectivity index (χ0v) is 15.5. The molecule has 0 saturated carbocycles. The average Bonchev–Trinajstić information content (AvgIpc) is 2.67. The lowest BCUT2D eigenvalue weighted by Crippen LogP contribution is -1.99. The summed E-state index contributed by atoms with van der Waals surface area (Å²) in [5.41, 5.74) is 5.53. The topological polar surface area (TPSA) is 29.5 Å². The van der Waals surface area contributed by atoms with Gasteiger partial charge in [-0.05, 0) is 46.7 Å². The predicted molar refractivity (Wildman–Crippen MR) is 107 cm³/mol. The Hall–Kier alpha value is -2.58. The third kappa shape index (κ3) is 4.74. The van der Waals surface area contributed by atoms with Gasteiger partial charge in [-0.15, -0.1) is 0 Å². The highest BCUT2D eigenvalue weighted by atomic mass is 16.5. The summed E-state index contributed by atoms with van der Waals surface area (Å²) in [6.07, 6.45) is 1.09. The lowest BCUT2D eigenvalue weighted by Gasteiger charge is -2.13. The molecule has 0 aliphatic carbocycles. The number of ether oxygens (including phenoxy) is 1. The second kappa shape index (κ2) is 8.68. The van der Waals surface area contributed by atoms with Gasteiger partial charge in [0.25, 0.3) is 0 Å². The van der Waals surface area contributed by atoms with Gasteiger partial charge in [0, 0.05) is 5.56 Å². The third-order valence-corrected chi connectivity index (χ3v) is 4.40. The SMILES string of the molecule is CC(C)Cc1ccc(-c2ccc(OCc3ccccc3)c(CO)c2)cc1. The molecule has 0 fully saturated rings. The number of aliphatic hydroxyl groups is 1. The fourth-order valence-electron chi connectivity index (χ4n) is 3.06. The van der Waals surface area contributed by atoms with Gasteiger partial charge >= 0.3 is 0 Å². The van der Waals surface area contributed by atoms with Crippen LogP contribution in [-0.2, 0) is 19.6 Å². The number of benzene rings is 3. The second-order valence-electron chi connectivity index (χ2n) is 7.05. The quantitative estimate of drug-likeness (QED) is 0.601. The summed E-state index contributed by atoms with van der Waals surface area (Å²) in [7, 11) is 0. The Morgan fingerprint density at radius 3 is 2.15 bits per heavy atom. The van der Waals surface area contributed by atoms with Gasteiger partial charge in [0.2, 0.25) is 0 Å². The molecule has 0 atom stereocenters. The van der Waals surface area contributed by atoms with Crippen LogP contribution < -0.4 is 4.74 Å². The summed E-state index contributed by atoms with van der Waals surface area (Å²) in [4.78, 5) is 0. The fourth-order valence-corrected chi connectivity index (χ4v) is 3.06. The van der Waals surface area contributed by atoms with Crippen molar-refractivity contribution in [3.8, 4) is 16.9 Å². The lowest BCUT2D eigenvalue weighted by atomic mass is 9.98. The zero-order chi connectivity index (χ0) is 18.4. The molecule has 26 heavy (non-hydrogen) atoms. The van der Waals surface area contributed by atoms with Crippen molar-refractivity contribution in [3.63, 3.8) is 0 Å². The Morgan fingerprint density at radius 1 is 0.808 bits per heavy atom. The molecule has 134 valence electrons. The standard InChI is InChI=1S/C24H26O2/c1-18(2)14-19-8-10-21(11-9-19)22-12-13-24(23(15-22)16-25)26-17-20-6-4-3-5-7-20/h3-13,15,18,25H,14,16-17H2,1-2H3. The van der Waals surface area contributed by atoms with E-state index in [-0.39, 0.29) is 6.61 Å². The smallest absolute Gasteiger partial charge is 0.125 e. The third-order valence-electron chi connectivity index (χ3n) is 4.40. The van der Waals surface area contributed by atoms with E-state index in [0.717, 1.165) is 34.4 Å². The molecule has 3 rings (SSSR count). The van der Waals surface area contributed by atoms with Crippen molar-refractivity contribution in [1.82, 2.24) is 0 Å². The summed E-state index contributed by atoms with van der Waals surface area (Å²) in [5.74, 6) is 1.39. The van der Waals surface area contributed by atoms with Crippen molar-refractivity contribution >= 4 is 0 Å². The van der Waals surface area contributed by atoms with Gasteiger partial charge in [-0.3, -0.25) is 0 Å². The van der Waals surface area contributed by atoms with E-state index >= 15 is 0 Å². The fraction of sp³-hybridized carbons (Fsp3) is 0.250. The van der Waals surface area contributed by atoms with Gasteiger partial charge in [-0.2, -0.15) is 0 Å². The van der Waals surface area contributed by atoms with Crippen LogP contribution in [0.4, 0.5) is 0 Å². The van der Waals surface area contributed by atoms with Crippen LogP contribution in [-0.4, -0.2) is 5.11 Å². The van der Waals surface area contributed by atoms with Crippen molar-refractivity contribution in [2.75, 3.05) is 0 Å². The Morgan fingerprint density at radius 2 is 1.50 bits per heavy atom. The molecule has 0 aliphatic rings. The Kier molecular flexibility index (Phi) is 6.08. The first-order chi connectivity index (χ1) is 12.7. The van der Waals surface area contributed by atoms with Crippen LogP contribution in [0.1, 0.15) is 30.5 Å². The highest BCUT2D eigenvalue weighted by molar-refractivity contribution is 5.66. The summed E-state index contributed by atoms with van der Waals surface area (Å²) in [5, 5.41) is 9.75. The first-order valence-electron chi connectivity index (χ1n) is 9.15. The van der Waals surface area contributed by atoms with Gasteiger partial charge in [0.1, 0.15) is 12.4 Å². The van der Waals surface area contributed by atoms with Crippen molar-refractivity contribution in [2.45, 2.75) is 33.5 Å². The van der Waals surface area contributed by atoms with E-state index in [1.807, 2.05) is 42.5 Å². The van der Waals surface area contributed by atoms with Crippen molar-refractivity contribution in [2.24, 2.45) is 5.92 Å². The number of rotatable bonds is 7. The largest absolute Gasteiger partial charge is 0.489 e. The summed E-state index contributed by atoms with van der Waals surface area (Å²) in [6, 6.07) is 24.7. The van der Waals surface area contributed by atoms with E-state index < -0.39 is 0 Å². The maximum atomic E-state index is 9.75. The molecule has 2 nitrogen and oxygen atoms in total. The van der Waals surface area contributed by atoms with Gasteiger partial charge in [-0.1, -0.05) is 74.5 Å². The average molecular weight is 346 g/mol. The Balaban J connectivity index is 1.75. The van der Waals surface area contributed by atoms with E-state index in [1.165, 1.54) is 5.56 Å². The van der Waals surface area contributed by atoms with Crippen molar-refractivity contribution in [1.29, 1.82) is 0 Å². The van der Waals surface area contributed by atoms with E-state index in [2.05, 4.69) is 44.2 Å². The maximum absolute atomic E-state index is 9.75. The highest BCUT2D eigenvalue weighted by Crippen LogP contribution is 2.28. The second-order valence-corrected chi connectivity index (χ2v) is 7.05. The molecule has 0 unspecified atom stereocenters. The summed E-state index contributed by atoms with van der Waals surface area (Å²) < 4.78 is 5.91. The molecule has 0 bridgehead atoms. The summed E-state index contributed by atoms with van der Waals surface area (Å²) >= 11 is 0. The minimum Gasteiger partial charge on any atom is -0.489 e. The van der Waals surface area contributed by atoms with E-state index in [0.29, 0.717) is 12.5 Å². The lowest BCUT2D eigenvalue weighted by molar-refractivity contribution is 0.259. The highest BCUT2D eigenvalue weighted by Gasteiger charge is 2.07. The minimum absolute atomic E-state index is 0.0383. The molecule has 0 heterocycles. The first-order valence-corrected chi connectivity index (χ1v) is 9.15. The van der Waals surface area contributed by atoms with Gasteiger partial charge < -0.3 is 9.84 Å². The molecule has 0 spiro atoms. The predicted octanol–water partition coefficient (Wildman–Crippen LogP) is 5.62. The molecule has 1 N–H and O–H groups in total. The maximum Gasteiger partial charge on any atom is 0.125 e. The number of hydrogen-bond donors (Lipinski definition) is 1. The Bertz CT molecular complexity index is 821. The minimum atomic E-state index is -0.0383. The molecule has 0 radical (unpaired) electrons. The molecule has 0 amide bonds. The van der Waals surface area contributed by atoms with Crippen LogP contribution in [0.5, 0.6) is 5.75 Å². The monoisotopic (exact) mass is 346 g/mol. The van der Waals surface area contributed by atoms with E-state index in [9.17, 15) is 5.11 Å². The molecule has 0 aromatic heterocycles. The molecule has 0 aliphatic heterocycles. The van der Waals surface area contributed by atoms with Gasteiger partial charge in [-0.25, -0.2) is 0 Å². The van der Waals surface area contributed by atoms with E-state index in [4.69, 9.17) is 4.74 Å². The normalized spacial score (nSPS) is 10.9. The van der Waals surface area contributed by atoms with Crippen LogP contribution in [0, 0.1) is 5.92 Å². The first kappa shape index (κ1) is 18.2. The van der Waals surface area contributed by atoms with Gasteiger partial charge in [0.15, 0.2) is 0 Å². The van der Waals surface area contributed by atoms with Crippen LogP contribution >= 0.6 is 0 Å². The van der Waals surface area contributed by atoms with Crippen LogP contribution in [0.25, 0.3) is 11.1 Å². The Labute approximate surface area is 156 Å². The van der Waals surface area contributed by atoms with Crippen LogP contribution in [0.3, 0.4) is 0 Å².